The van der Waals surface area contributed by atoms with Crippen LogP contribution in [0.15, 0.2) is 18.3 Å². The summed E-state index contributed by atoms with van der Waals surface area (Å²) in [5.41, 5.74) is 0.0916. The monoisotopic (exact) mass is 363 g/mol. The summed E-state index contributed by atoms with van der Waals surface area (Å²) in [5.74, 6) is 0.734. The zero-order valence-electron chi connectivity index (χ0n) is 16.0. The van der Waals surface area contributed by atoms with E-state index in [0.29, 0.717) is 5.69 Å². The van der Waals surface area contributed by atoms with E-state index in [-0.39, 0.29) is 18.9 Å². The van der Waals surface area contributed by atoms with Gasteiger partial charge in [-0.15, -0.1) is 0 Å². The highest BCUT2D eigenvalue weighted by molar-refractivity contribution is 5.90. The molecule has 8 heteroatoms. The van der Waals surface area contributed by atoms with Gasteiger partial charge in [0.1, 0.15) is 11.4 Å². The molecule has 1 aromatic rings. The first-order valence-electron chi connectivity index (χ1n) is 8.89. The summed E-state index contributed by atoms with van der Waals surface area (Å²) in [4.78, 5) is 32.4. The minimum absolute atomic E-state index is 0.166. The number of nitrogens with zero attached hydrogens (tertiary/aromatic N) is 3. The van der Waals surface area contributed by atoms with Crippen LogP contribution in [0.5, 0.6) is 0 Å². The van der Waals surface area contributed by atoms with E-state index in [2.05, 4.69) is 32.5 Å². The Balaban J connectivity index is 1.73. The summed E-state index contributed by atoms with van der Waals surface area (Å²) in [6.45, 7) is 9.52. The summed E-state index contributed by atoms with van der Waals surface area (Å²) in [7, 11) is 2.11. The van der Waals surface area contributed by atoms with E-state index in [1.54, 1.807) is 27.0 Å². The number of aromatic nitrogens is 1. The SMILES string of the molecule is CN1CCN(c2ccc(NC(=O)CCNC(=O)OC(C)(C)C)cn2)CC1. The lowest BCUT2D eigenvalue weighted by Crippen LogP contribution is -2.44. The highest BCUT2D eigenvalue weighted by atomic mass is 16.6. The van der Waals surface area contributed by atoms with Gasteiger partial charge in [-0.1, -0.05) is 0 Å². The molecule has 0 unspecified atom stereocenters. The van der Waals surface area contributed by atoms with Crippen molar-refractivity contribution in [3.63, 3.8) is 0 Å². The summed E-state index contributed by atoms with van der Waals surface area (Å²) < 4.78 is 5.12. The van der Waals surface area contributed by atoms with Gasteiger partial charge in [0, 0.05) is 39.1 Å². The number of carbonyl (C=O) groups is 2. The van der Waals surface area contributed by atoms with Crippen molar-refractivity contribution < 1.29 is 14.3 Å². The Kier molecular flexibility index (Phi) is 6.79. The van der Waals surface area contributed by atoms with E-state index in [1.807, 2.05) is 12.1 Å². The van der Waals surface area contributed by atoms with Gasteiger partial charge in [0.25, 0.3) is 0 Å². The molecule has 1 aliphatic heterocycles. The summed E-state index contributed by atoms with van der Waals surface area (Å²) in [6, 6.07) is 3.76. The van der Waals surface area contributed by atoms with Crippen LogP contribution in [0.2, 0.25) is 0 Å². The number of pyridine rings is 1. The van der Waals surface area contributed by atoms with Crippen molar-refractivity contribution in [2.45, 2.75) is 32.8 Å². The second-order valence-corrected chi connectivity index (χ2v) is 7.42. The topological polar surface area (TPSA) is 86.8 Å². The number of hydrogen-bond donors (Lipinski definition) is 2. The molecule has 2 amide bonds. The quantitative estimate of drug-likeness (QED) is 0.828. The third kappa shape index (κ3) is 6.87. The van der Waals surface area contributed by atoms with Gasteiger partial charge in [0.15, 0.2) is 0 Å². The van der Waals surface area contributed by atoms with Gasteiger partial charge in [-0.2, -0.15) is 0 Å². The lowest BCUT2D eigenvalue weighted by atomic mass is 10.2. The Morgan fingerprint density at radius 2 is 1.88 bits per heavy atom. The summed E-state index contributed by atoms with van der Waals surface area (Å²) in [6.07, 6.45) is 1.30. The molecule has 2 heterocycles. The first-order valence-corrected chi connectivity index (χ1v) is 8.89. The number of nitrogens with one attached hydrogen (secondary N) is 2. The maximum absolute atomic E-state index is 12.0. The van der Waals surface area contributed by atoms with Crippen molar-refractivity contribution in [3.8, 4) is 0 Å². The number of ether oxygens (including phenoxy) is 1. The Labute approximate surface area is 154 Å². The second-order valence-electron chi connectivity index (χ2n) is 7.42. The molecule has 0 radical (unpaired) electrons. The molecule has 144 valence electrons. The van der Waals surface area contributed by atoms with Crippen molar-refractivity contribution in [2.24, 2.45) is 0 Å². The van der Waals surface area contributed by atoms with Gasteiger partial charge in [0.05, 0.1) is 11.9 Å². The molecular weight excluding hydrogens is 334 g/mol. The van der Waals surface area contributed by atoms with E-state index >= 15 is 0 Å². The van der Waals surface area contributed by atoms with Crippen molar-refractivity contribution in [1.82, 2.24) is 15.2 Å². The zero-order valence-corrected chi connectivity index (χ0v) is 16.0. The van der Waals surface area contributed by atoms with Crippen LogP contribution >= 0.6 is 0 Å². The van der Waals surface area contributed by atoms with Crippen molar-refractivity contribution >= 4 is 23.5 Å². The molecule has 1 aliphatic rings. The minimum Gasteiger partial charge on any atom is -0.444 e. The van der Waals surface area contributed by atoms with Crippen LogP contribution in [0.25, 0.3) is 0 Å². The molecule has 0 aromatic carbocycles. The Hall–Kier alpha value is -2.35. The molecule has 0 saturated carbocycles. The molecule has 1 saturated heterocycles. The highest BCUT2D eigenvalue weighted by Crippen LogP contribution is 2.16. The summed E-state index contributed by atoms with van der Waals surface area (Å²) in [5, 5.41) is 5.34. The van der Waals surface area contributed by atoms with Gasteiger partial charge in [-0.3, -0.25) is 4.79 Å². The van der Waals surface area contributed by atoms with Crippen LogP contribution in [0.1, 0.15) is 27.2 Å². The maximum Gasteiger partial charge on any atom is 0.407 e. The van der Waals surface area contributed by atoms with Crippen LogP contribution in [-0.2, 0) is 9.53 Å². The van der Waals surface area contributed by atoms with E-state index in [0.717, 1.165) is 32.0 Å². The predicted molar refractivity (Wildman–Crippen MR) is 101 cm³/mol. The molecular formula is C18H29N5O3. The fraction of sp³-hybridized carbons (Fsp3) is 0.611. The zero-order chi connectivity index (χ0) is 19.2. The number of carbonyl (C=O) groups excluding carboxylic acids is 2. The number of rotatable bonds is 5. The molecule has 0 aliphatic carbocycles. The molecule has 26 heavy (non-hydrogen) atoms. The molecule has 0 atom stereocenters. The van der Waals surface area contributed by atoms with Crippen LogP contribution < -0.4 is 15.5 Å². The van der Waals surface area contributed by atoms with Crippen molar-refractivity contribution in [2.75, 3.05) is 50.0 Å². The van der Waals surface area contributed by atoms with Crippen molar-refractivity contribution in [1.29, 1.82) is 0 Å². The van der Waals surface area contributed by atoms with Gasteiger partial charge in [-0.25, -0.2) is 9.78 Å². The first-order chi connectivity index (χ1) is 12.2. The third-order valence-corrected chi connectivity index (χ3v) is 3.88. The number of anilines is 2. The average molecular weight is 363 g/mol. The van der Waals surface area contributed by atoms with E-state index in [1.165, 1.54) is 0 Å². The average Bonchev–Trinajstić information content (AvgIpc) is 2.55. The fourth-order valence-corrected chi connectivity index (χ4v) is 2.50. The first kappa shape index (κ1) is 20.0. The van der Waals surface area contributed by atoms with Crippen LogP contribution in [0, 0.1) is 0 Å². The van der Waals surface area contributed by atoms with E-state index in [4.69, 9.17) is 4.74 Å². The van der Waals surface area contributed by atoms with Gasteiger partial charge >= 0.3 is 6.09 Å². The number of amides is 2. The lowest BCUT2D eigenvalue weighted by molar-refractivity contribution is -0.116. The Morgan fingerprint density at radius 1 is 1.19 bits per heavy atom. The normalized spacial score (nSPS) is 15.5. The standard InChI is InChI=1S/C18H29N5O3/c1-18(2,3)26-17(25)19-8-7-16(24)21-14-5-6-15(20-13-14)23-11-9-22(4)10-12-23/h5-6,13H,7-12H2,1-4H3,(H,19,25)(H,21,24). The van der Waals surface area contributed by atoms with E-state index in [9.17, 15) is 9.59 Å². The number of alkyl carbamates (subject to hydrolysis) is 1. The smallest absolute Gasteiger partial charge is 0.407 e. The second kappa shape index (κ2) is 8.84. The lowest BCUT2D eigenvalue weighted by Gasteiger charge is -2.33. The molecule has 1 fully saturated rings. The maximum atomic E-state index is 12.0. The van der Waals surface area contributed by atoms with E-state index < -0.39 is 11.7 Å². The van der Waals surface area contributed by atoms with Gasteiger partial charge in [0.2, 0.25) is 5.91 Å². The number of hydrogen-bond acceptors (Lipinski definition) is 6. The van der Waals surface area contributed by atoms with Gasteiger partial charge in [-0.05, 0) is 40.0 Å². The predicted octanol–water partition coefficient (Wildman–Crippen LogP) is 1.69. The largest absolute Gasteiger partial charge is 0.444 e. The fourth-order valence-electron chi connectivity index (χ4n) is 2.50. The molecule has 1 aromatic heterocycles. The molecule has 0 spiro atoms. The van der Waals surface area contributed by atoms with Gasteiger partial charge < -0.3 is 25.2 Å². The molecule has 8 nitrogen and oxygen atoms in total. The number of likely N-dealkylation sites (N-methyl/N-ethyl adjacent to an activating group) is 1. The molecule has 2 N–H and O–H groups in total. The highest BCUT2D eigenvalue weighted by Gasteiger charge is 2.16. The number of piperazine rings is 1. The van der Waals surface area contributed by atoms with Crippen LogP contribution in [0.3, 0.4) is 0 Å². The Bertz CT molecular complexity index is 604. The molecule has 0 bridgehead atoms. The molecule has 2 rings (SSSR count). The van der Waals surface area contributed by atoms with Crippen LogP contribution in [0.4, 0.5) is 16.3 Å². The van der Waals surface area contributed by atoms with Crippen molar-refractivity contribution in [3.05, 3.63) is 18.3 Å². The third-order valence-electron chi connectivity index (χ3n) is 3.88. The van der Waals surface area contributed by atoms with Crippen LogP contribution in [-0.4, -0.2) is 67.3 Å². The Morgan fingerprint density at radius 3 is 2.46 bits per heavy atom. The summed E-state index contributed by atoms with van der Waals surface area (Å²) >= 11 is 0. The minimum atomic E-state index is -0.552.